The van der Waals surface area contributed by atoms with E-state index in [-0.39, 0.29) is 0 Å². The Labute approximate surface area is 129 Å². The van der Waals surface area contributed by atoms with Gasteiger partial charge in [-0.3, -0.25) is 24.5 Å². The maximum Gasteiger partial charge on any atom is 0.291 e. The molecule has 1 unspecified atom stereocenters. The highest BCUT2D eigenvalue weighted by molar-refractivity contribution is 6.38. The summed E-state index contributed by atoms with van der Waals surface area (Å²) in [5, 5.41) is 2.25. The van der Waals surface area contributed by atoms with Crippen LogP contribution in [0.4, 0.5) is 0 Å². The lowest BCUT2D eigenvalue weighted by Crippen LogP contribution is -2.46. The number of Topliss-reactive ketones (excluding diaryl/α,β-unsaturated/α-hetero) is 1. The standard InChI is InChI=1S/C16H22N2O4/c1-5-16(3,4)12(19)15(22)18-8-6-7-10(18)11-9(2)13(20)17-14(11)21/h10H,5-8H2,1-4H3,(H,17,20,21). The Balaban J connectivity index is 2.29. The van der Waals surface area contributed by atoms with E-state index in [1.807, 2.05) is 6.92 Å². The lowest BCUT2D eigenvalue weighted by Gasteiger charge is -2.28. The number of ketones is 1. The SMILES string of the molecule is CCC(C)(C)C(=O)C(=O)N1CCCC1C1=C(C)C(=O)NC1=O. The highest BCUT2D eigenvalue weighted by Crippen LogP contribution is 2.31. The first-order valence-corrected chi connectivity index (χ1v) is 7.62. The summed E-state index contributed by atoms with van der Waals surface area (Å²) < 4.78 is 0. The Morgan fingerprint density at radius 2 is 1.91 bits per heavy atom. The molecule has 22 heavy (non-hydrogen) atoms. The van der Waals surface area contributed by atoms with Gasteiger partial charge in [-0.25, -0.2) is 0 Å². The first-order chi connectivity index (χ1) is 10.2. The van der Waals surface area contributed by atoms with Crippen LogP contribution in [0.15, 0.2) is 11.1 Å². The van der Waals surface area contributed by atoms with Crippen LogP contribution in [0.1, 0.15) is 47.0 Å². The zero-order valence-corrected chi connectivity index (χ0v) is 13.5. The van der Waals surface area contributed by atoms with Crippen LogP contribution in [0.3, 0.4) is 0 Å². The predicted molar refractivity (Wildman–Crippen MR) is 79.7 cm³/mol. The Bertz CT molecular complexity index is 589. The van der Waals surface area contributed by atoms with E-state index in [2.05, 4.69) is 5.32 Å². The monoisotopic (exact) mass is 306 g/mol. The van der Waals surface area contributed by atoms with Gasteiger partial charge in [-0.2, -0.15) is 0 Å². The molecule has 2 aliphatic rings. The summed E-state index contributed by atoms with van der Waals surface area (Å²) in [6.45, 7) is 7.37. The second-order valence-electron chi connectivity index (χ2n) is 6.55. The third kappa shape index (κ3) is 2.58. The molecule has 1 fully saturated rings. The number of hydrogen-bond acceptors (Lipinski definition) is 4. The highest BCUT2D eigenvalue weighted by Gasteiger charge is 2.43. The van der Waals surface area contributed by atoms with Gasteiger partial charge in [-0.05, 0) is 26.2 Å². The molecule has 0 saturated carbocycles. The van der Waals surface area contributed by atoms with Crippen molar-refractivity contribution in [3.63, 3.8) is 0 Å². The molecule has 2 aliphatic heterocycles. The largest absolute Gasteiger partial charge is 0.329 e. The van der Waals surface area contributed by atoms with E-state index in [9.17, 15) is 19.2 Å². The van der Waals surface area contributed by atoms with Crippen LogP contribution in [0.2, 0.25) is 0 Å². The van der Waals surface area contributed by atoms with E-state index in [0.717, 1.165) is 0 Å². The molecule has 0 radical (unpaired) electrons. The van der Waals surface area contributed by atoms with E-state index in [1.54, 1.807) is 20.8 Å². The summed E-state index contributed by atoms with van der Waals surface area (Å²) in [5.74, 6) is -1.86. The number of imide groups is 1. The van der Waals surface area contributed by atoms with Crippen LogP contribution in [-0.2, 0) is 19.2 Å². The van der Waals surface area contributed by atoms with Crippen LogP contribution in [0.25, 0.3) is 0 Å². The van der Waals surface area contributed by atoms with Crippen molar-refractivity contribution in [3.8, 4) is 0 Å². The molecule has 0 bridgehead atoms. The number of rotatable bonds is 4. The van der Waals surface area contributed by atoms with E-state index < -0.39 is 35.0 Å². The number of carbonyl (C=O) groups is 4. The fraction of sp³-hybridized carbons (Fsp3) is 0.625. The van der Waals surface area contributed by atoms with Gasteiger partial charge in [0.1, 0.15) is 0 Å². The zero-order valence-electron chi connectivity index (χ0n) is 13.5. The minimum atomic E-state index is -0.721. The first kappa shape index (κ1) is 16.4. The normalized spacial score (nSPS) is 22.4. The molecule has 1 atom stereocenters. The van der Waals surface area contributed by atoms with Crippen molar-refractivity contribution < 1.29 is 19.2 Å². The second-order valence-corrected chi connectivity index (χ2v) is 6.55. The maximum absolute atomic E-state index is 12.6. The van der Waals surface area contributed by atoms with Crippen molar-refractivity contribution in [1.82, 2.24) is 10.2 Å². The van der Waals surface area contributed by atoms with Crippen LogP contribution < -0.4 is 5.32 Å². The van der Waals surface area contributed by atoms with Gasteiger partial charge in [-0.15, -0.1) is 0 Å². The van der Waals surface area contributed by atoms with Crippen LogP contribution in [0.5, 0.6) is 0 Å². The molecule has 6 nitrogen and oxygen atoms in total. The molecule has 0 spiro atoms. The molecule has 1 N–H and O–H groups in total. The van der Waals surface area contributed by atoms with Crippen molar-refractivity contribution in [2.24, 2.45) is 5.41 Å². The Hall–Kier alpha value is -1.98. The van der Waals surface area contributed by atoms with Gasteiger partial charge >= 0.3 is 0 Å². The third-order valence-electron chi connectivity index (χ3n) is 4.76. The Morgan fingerprint density at radius 1 is 1.27 bits per heavy atom. The van der Waals surface area contributed by atoms with Gasteiger partial charge < -0.3 is 4.90 Å². The Kier molecular flexibility index (Phi) is 4.22. The number of nitrogens with zero attached hydrogens (tertiary/aromatic N) is 1. The van der Waals surface area contributed by atoms with E-state index in [0.29, 0.717) is 37.0 Å². The minimum absolute atomic E-state index is 0.331. The summed E-state index contributed by atoms with van der Waals surface area (Å²) >= 11 is 0. The number of amides is 3. The van der Waals surface area contributed by atoms with Crippen molar-refractivity contribution in [1.29, 1.82) is 0 Å². The van der Waals surface area contributed by atoms with Gasteiger partial charge in [0, 0.05) is 23.1 Å². The first-order valence-electron chi connectivity index (χ1n) is 7.62. The van der Waals surface area contributed by atoms with Crippen LogP contribution in [-0.4, -0.2) is 41.0 Å². The number of hydrogen-bond donors (Lipinski definition) is 1. The molecule has 120 valence electrons. The summed E-state index contributed by atoms with van der Waals surface area (Å²) in [7, 11) is 0. The Morgan fingerprint density at radius 3 is 2.41 bits per heavy atom. The third-order valence-corrected chi connectivity index (χ3v) is 4.76. The average molecular weight is 306 g/mol. The summed E-state index contributed by atoms with van der Waals surface area (Å²) in [5.41, 5.74) is -0.0450. The number of likely N-dealkylation sites (tertiary alicyclic amines) is 1. The van der Waals surface area contributed by atoms with Crippen molar-refractivity contribution in [3.05, 3.63) is 11.1 Å². The fourth-order valence-corrected chi connectivity index (χ4v) is 2.85. The molecule has 0 aromatic carbocycles. The van der Waals surface area contributed by atoms with E-state index >= 15 is 0 Å². The molecular weight excluding hydrogens is 284 g/mol. The highest BCUT2D eigenvalue weighted by atomic mass is 16.2. The molecule has 3 amide bonds. The smallest absolute Gasteiger partial charge is 0.291 e. The molecule has 0 aromatic rings. The van der Waals surface area contributed by atoms with Crippen molar-refractivity contribution in [2.75, 3.05) is 6.54 Å². The summed E-state index contributed by atoms with van der Waals surface area (Å²) in [6.07, 6.45) is 1.88. The topological polar surface area (TPSA) is 83.6 Å². The van der Waals surface area contributed by atoms with Gasteiger partial charge in [0.25, 0.3) is 17.7 Å². The lowest BCUT2D eigenvalue weighted by molar-refractivity contribution is -0.149. The van der Waals surface area contributed by atoms with E-state index in [4.69, 9.17) is 0 Å². The summed E-state index contributed by atoms with van der Waals surface area (Å²) in [6, 6.07) is -0.476. The molecule has 2 rings (SSSR count). The molecular formula is C16H22N2O4. The van der Waals surface area contributed by atoms with Crippen molar-refractivity contribution in [2.45, 2.75) is 53.0 Å². The minimum Gasteiger partial charge on any atom is -0.329 e. The molecule has 6 heteroatoms. The average Bonchev–Trinajstić information content (AvgIpc) is 3.02. The van der Waals surface area contributed by atoms with Crippen molar-refractivity contribution >= 4 is 23.5 Å². The second kappa shape index (κ2) is 5.66. The van der Waals surface area contributed by atoms with Crippen LogP contribution in [0, 0.1) is 5.41 Å². The van der Waals surface area contributed by atoms with Gasteiger partial charge in [0.2, 0.25) is 5.78 Å². The molecule has 1 saturated heterocycles. The van der Waals surface area contributed by atoms with Gasteiger partial charge in [0.05, 0.1) is 6.04 Å². The van der Waals surface area contributed by atoms with Gasteiger partial charge in [-0.1, -0.05) is 20.8 Å². The lowest BCUT2D eigenvalue weighted by atomic mass is 9.84. The zero-order chi connectivity index (χ0) is 16.7. The molecule has 0 aliphatic carbocycles. The number of carbonyl (C=O) groups excluding carboxylic acids is 4. The summed E-state index contributed by atoms with van der Waals surface area (Å²) in [4.78, 5) is 50.0. The number of nitrogens with one attached hydrogen (secondary N) is 1. The van der Waals surface area contributed by atoms with E-state index in [1.165, 1.54) is 4.90 Å². The maximum atomic E-state index is 12.6. The fourth-order valence-electron chi connectivity index (χ4n) is 2.85. The molecule has 0 aromatic heterocycles. The van der Waals surface area contributed by atoms with Gasteiger partial charge in [0.15, 0.2) is 0 Å². The van der Waals surface area contributed by atoms with Crippen LogP contribution >= 0.6 is 0 Å². The predicted octanol–water partition coefficient (Wildman–Crippen LogP) is 0.956. The quantitative estimate of drug-likeness (QED) is 0.619. The molecule has 2 heterocycles.